The maximum absolute atomic E-state index is 11.4. The zero-order valence-corrected chi connectivity index (χ0v) is 12.8. The van der Waals surface area contributed by atoms with Crippen molar-refractivity contribution in [3.05, 3.63) is 0 Å². The van der Waals surface area contributed by atoms with Crippen LogP contribution in [0, 0.1) is 5.92 Å². The van der Waals surface area contributed by atoms with Crippen LogP contribution in [0.1, 0.15) is 45.4 Å². The summed E-state index contributed by atoms with van der Waals surface area (Å²) in [6.45, 7) is 2.78. The Kier molecular flexibility index (Phi) is 11.0. The summed E-state index contributed by atoms with van der Waals surface area (Å²) in [5, 5.41) is 13.9. The minimum Gasteiger partial charge on any atom is -0.481 e. The molecule has 0 heterocycles. The third kappa shape index (κ3) is 11.7. The molecular weight excluding hydrogens is 276 g/mol. The number of hydrogen-bond donors (Lipinski definition) is 3. The Morgan fingerprint density at radius 2 is 1.71 bits per heavy atom. The molecule has 0 aromatic rings. The minimum absolute atomic E-state index is 0.140. The molecule has 0 saturated carbocycles. The van der Waals surface area contributed by atoms with Gasteiger partial charge in [-0.05, 0) is 18.8 Å². The fourth-order valence-electron chi connectivity index (χ4n) is 2.00. The molecule has 0 aliphatic carbocycles. The van der Waals surface area contributed by atoms with Crippen molar-refractivity contribution in [1.82, 2.24) is 10.6 Å². The van der Waals surface area contributed by atoms with E-state index in [0.29, 0.717) is 18.9 Å². The first-order valence-electron chi connectivity index (χ1n) is 7.29. The molecule has 0 rings (SSSR count). The number of hydrogen-bond acceptors (Lipinski definition) is 4. The van der Waals surface area contributed by atoms with Gasteiger partial charge in [-0.3, -0.25) is 9.59 Å². The summed E-state index contributed by atoms with van der Waals surface area (Å²) in [6.07, 6.45) is 3.64. The lowest BCUT2D eigenvalue weighted by Crippen LogP contribution is -2.37. The van der Waals surface area contributed by atoms with Gasteiger partial charge in [0.05, 0.1) is 13.5 Å². The molecule has 1 atom stereocenters. The van der Waals surface area contributed by atoms with Crippen molar-refractivity contribution in [2.75, 3.05) is 20.2 Å². The van der Waals surface area contributed by atoms with Crippen LogP contribution >= 0.6 is 0 Å². The number of esters is 1. The zero-order valence-electron chi connectivity index (χ0n) is 12.8. The highest BCUT2D eigenvalue weighted by atomic mass is 16.5. The number of carboxylic acids is 1. The highest BCUT2D eigenvalue weighted by Gasteiger charge is 2.11. The molecule has 1 unspecified atom stereocenters. The molecule has 0 saturated heterocycles. The van der Waals surface area contributed by atoms with Gasteiger partial charge in [0.15, 0.2) is 0 Å². The van der Waals surface area contributed by atoms with E-state index < -0.39 is 5.97 Å². The third-order valence-corrected chi connectivity index (χ3v) is 3.14. The molecule has 7 nitrogen and oxygen atoms in total. The molecule has 122 valence electrons. The molecule has 2 amide bonds. The molecule has 3 N–H and O–H groups in total. The normalized spacial score (nSPS) is 11.5. The van der Waals surface area contributed by atoms with Crippen molar-refractivity contribution in [3.8, 4) is 0 Å². The van der Waals surface area contributed by atoms with Gasteiger partial charge in [0.1, 0.15) is 0 Å². The van der Waals surface area contributed by atoms with Crippen LogP contribution in [0.2, 0.25) is 0 Å². The first-order chi connectivity index (χ1) is 9.99. The number of ether oxygens (including phenoxy) is 1. The van der Waals surface area contributed by atoms with Crippen LogP contribution in [0.4, 0.5) is 4.79 Å². The molecule has 0 aromatic heterocycles. The van der Waals surface area contributed by atoms with Crippen molar-refractivity contribution in [3.63, 3.8) is 0 Å². The second kappa shape index (κ2) is 12.0. The van der Waals surface area contributed by atoms with Gasteiger partial charge in [-0.15, -0.1) is 0 Å². The Morgan fingerprint density at radius 1 is 1.05 bits per heavy atom. The summed E-state index contributed by atoms with van der Waals surface area (Å²) >= 11 is 0. The molecule has 21 heavy (non-hydrogen) atoms. The second-order valence-electron chi connectivity index (χ2n) is 4.88. The largest absolute Gasteiger partial charge is 0.481 e. The quantitative estimate of drug-likeness (QED) is 0.502. The molecule has 0 fully saturated rings. The van der Waals surface area contributed by atoms with Gasteiger partial charge < -0.3 is 20.5 Å². The van der Waals surface area contributed by atoms with E-state index in [-0.39, 0.29) is 31.4 Å². The number of carboxylic acid groups (broad SMARTS) is 1. The standard InChI is InChI=1S/C14H26N2O5/c1-3-4-11(5-6-12(17)18)7-9-15-14(20)16-10-8-13(19)21-2/h11H,3-10H2,1-2H3,(H,17,18)(H2,15,16,20). The lowest BCUT2D eigenvalue weighted by molar-refractivity contribution is -0.140. The monoisotopic (exact) mass is 302 g/mol. The van der Waals surface area contributed by atoms with E-state index in [1.54, 1.807) is 0 Å². The first-order valence-corrected chi connectivity index (χ1v) is 7.29. The number of aliphatic carboxylic acids is 1. The van der Waals surface area contributed by atoms with E-state index in [0.717, 1.165) is 19.3 Å². The van der Waals surface area contributed by atoms with Crippen LogP contribution in [0.25, 0.3) is 0 Å². The maximum atomic E-state index is 11.4. The van der Waals surface area contributed by atoms with E-state index in [1.165, 1.54) is 7.11 Å². The topological polar surface area (TPSA) is 105 Å². The Morgan fingerprint density at radius 3 is 2.29 bits per heavy atom. The van der Waals surface area contributed by atoms with E-state index >= 15 is 0 Å². The number of carbonyl (C=O) groups excluding carboxylic acids is 2. The van der Waals surface area contributed by atoms with Crippen LogP contribution in [-0.2, 0) is 14.3 Å². The van der Waals surface area contributed by atoms with Crippen LogP contribution in [0.3, 0.4) is 0 Å². The summed E-state index contributed by atoms with van der Waals surface area (Å²) < 4.78 is 4.46. The van der Waals surface area contributed by atoms with Crippen LogP contribution in [0.15, 0.2) is 0 Å². The van der Waals surface area contributed by atoms with E-state index in [9.17, 15) is 14.4 Å². The van der Waals surface area contributed by atoms with Crippen molar-refractivity contribution in [2.24, 2.45) is 5.92 Å². The molecule has 0 bridgehead atoms. The van der Waals surface area contributed by atoms with Gasteiger partial charge in [-0.1, -0.05) is 19.8 Å². The number of rotatable bonds is 11. The van der Waals surface area contributed by atoms with Crippen LogP contribution < -0.4 is 10.6 Å². The molecule has 0 spiro atoms. The number of nitrogens with one attached hydrogen (secondary N) is 2. The van der Waals surface area contributed by atoms with Crippen LogP contribution in [0.5, 0.6) is 0 Å². The Labute approximate surface area is 125 Å². The Bertz CT molecular complexity index is 333. The number of urea groups is 1. The number of amides is 2. The summed E-state index contributed by atoms with van der Waals surface area (Å²) in [5.41, 5.74) is 0. The van der Waals surface area contributed by atoms with Gasteiger partial charge in [0, 0.05) is 19.5 Å². The first kappa shape index (κ1) is 19.2. The molecular formula is C14H26N2O5. The van der Waals surface area contributed by atoms with E-state index in [1.807, 2.05) is 0 Å². The summed E-state index contributed by atoms with van der Waals surface area (Å²) in [4.78, 5) is 32.9. The Hall–Kier alpha value is -1.79. The third-order valence-electron chi connectivity index (χ3n) is 3.14. The zero-order chi connectivity index (χ0) is 16.1. The van der Waals surface area contributed by atoms with Crippen molar-refractivity contribution < 1.29 is 24.2 Å². The average Bonchev–Trinajstić information content (AvgIpc) is 2.44. The van der Waals surface area contributed by atoms with Crippen LogP contribution in [-0.4, -0.2) is 43.3 Å². The Balaban J connectivity index is 3.78. The SMILES string of the molecule is CCCC(CCNC(=O)NCCC(=O)OC)CCC(=O)O. The van der Waals surface area contributed by atoms with Gasteiger partial charge in [-0.25, -0.2) is 4.79 Å². The summed E-state index contributed by atoms with van der Waals surface area (Å²) in [5.74, 6) is -0.849. The lowest BCUT2D eigenvalue weighted by Gasteiger charge is -2.15. The van der Waals surface area contributed by atoms with Gasteiger partial charge >= 0.3 is 18.0 Å². The summed E-state index contributed by atoms with van der Waals surface area (Å²) in [6, 6.07) is -0.326. The van der Waals surface area contributed by atoms with E-state index in [4.69, 9.17) is 5.11 Å². The average molecular weight is 302 g/mol. The smallest absolute Gasteiger partial charge is 0.314 e. The van der Waals surface area contributed by atoms with Gasteiger partial charge in [0.25, 0.3) is 0 Å². The fraction of sp³-hybridized carbons (Fsp3) is 0.786. The predicted molar refractivity (Wildman–Crippen MR) is 77.9 cm³/mol. The fourth-order valence-corrected chi connectivity index (χ4v) is 2.00. The van der Waals surface area contributed by atoms with Gasteiger partial charge in [-0.2, -0.15) is 0 Å². The number of methoxy groups -OCH3 is 1. The highest BCUT2D eigenvalue weighted by Crippen LogP contribution is 2.16. The van der Waals surface area contributed by atoms with Gasteiger partial charge in [0.2, 0.25) is 0 Å². The highest BCUT2D eigenvalue weighted by molar-refractivity contribution is 5.75. The molecule has 0 aliphatic heterocycles. The molecule has 0 aromatic carbocycles. The molecule has 7 heteroatoms. The number of carbonyl (C=O) groups is 3. The minimum atomic E-state index is -0.787. The molecule has 0 radical (unpaired) electrons. The lowest BCUT2D eigenvalue weighted by atomic mass is 9.94. The molecule has 0 aliphatic rings. The van der Waals surface area contributed by atoms with Crippen molar-refractivity contribution >= 4 is 18.0 Å². The second-order valence-corrected chi connectivity index (χ2v) is 4.88. The summed E-state index contributed by atoms with van der Waals surface area (Å²) in [7, 11) is 1.30. The maximum Gasteiger partial charge on any atom is 0.314 e. The van der Waals surface area contributed by atoms with Crippen molar-refractivity contribution in [1.29, 1.82) is 0 Å². The van der Waals surface area contributed by atoms with Crippen molar-refractivity contribution in [2.45, 2.75) is 45.4 Å². The van der Waals surface area contributed by atoms with E-state index in [2.05, 4.69) is 22.3 Å². The predicted octanol–water partition coefficient (Wildman–Crippen LogP) is 1.52.